The van der Waals surface area contributed by atoms with Crippen LogP contribution in [0.4, 0.5) is 0 Å². The molecular weight excluding hydrogens is 292 g/mol. The summed E-state index contributed by atoms with van der Waals surface area (Å²) in [7, 11) is 3.28. The van der Waals surface area contributed by atoms with Crippen molar-refractivity contribution in [3.05, 3.63) is 23.8 Å². The molecule has 1 unspecified atom stereocenters. The van der Waals surface area contributed by atoms with E-state index >= 15 is 0 Å². The Labute approximate surface area is 138 Å². The van der Waals surface area contributed by atoms with Crippen LogP contribution in [0.15, 0.2) is 18.2 Å². The van der Waals surface area contributed by atoms with Gasteiger partial charge in [-0.15, -0.1) is 0 Å². The first kappa shape index (κ1) is 17.6. The van der Waals surface area contributed by atoms with Crippen LogP contribution in [0.3, 0.4) is 0 Å². The maximum Gasteiger partial charge on any atom is 0.220 e. The van der Waals surface area contributed by atoms with Gasteiger partial charge in [0.25, 0.3) is 0 Å². The first-order chi connectivity index (χ1) is 11.2. The highest BCUT2D eigenvalue weighted by Crippen LogP contribution is 2.25. The SMILES string of the molecule is COc1ccc(OC)c(CCC(=O)NCCC2CCCNC2)c1. The van der Waals surface area contributed by atoms with Crippen molar-refractivity contribution in [3.63, 3.8) is 0 Å². The Morgan fingerprint density at radius 1 is 1.35 bits per heavy atom. The predicted octanol–water partition coefficient (Wildman–Crippen LogP) is 2.14. The van der Waals surface area contributed by atoms with Crippen LogP contribution in [0.5, 0.6) is 11.5 Å². The zero-order valence-corrected chi connectivity index (χ0v) is 14.2. The lowest BCUT2D eigenvalue weighted by Crippen LogP contribution is -2.33. The quantitative estimate of drug-likeness (QED) is 0.770. The summed E-state index contributed by atoms with van der Waals surface area (Å²) >= 11 is 0. The topological polar surface area (TPSA) is 59.6 Å². The molecule has 0 aliphatic carbocycles. The van der Waals surface area contributed by atoms with Crippen LogP contribution in [-0.4, -0.2) is 39.8 Å². The zero-order chi connectivity index (χ0) is 16.5. The van der Waals surface area contributed by atoms with Crippen molar-refractivity contribution >= 4 is 5.91 Å². The van der Waals surface area contributed by atoms with Crippen LogP contribution in [-0.2, 0) is 11.2 Å². The van der Waals surface area contributed by atoms with E-state index in [0.717, 1.165) is 43.1 Å². The summed E-state index contributed by atoms with van der Waals surface area (Å²) < 4.78 is 10.6. The van der Waals surface area contributed by atoms with Crippen molar-refractivity contribution < 1.29 is 14.3 Å². The molecule has 1 saturated heterocycles. The van der Waals surface area contributed by atoms with Gasteiger partial charge in [0.1, 0.15) is 11.5 Å². The van der Waals surface area contributed by atoms with Crippen molar-refractivity contribution in [2.24, 2.45) is 5.92 Å². The minimum absolute atomic E-state index is 0.0960. The number of carbonyl (C=O) groups excluding carboxylic acids is 1. The fraction of sp³-hybridized carbons (Fsp3) is 0.611. The van der Waals surface area contributed by atoms with E-state index in [-0.39, 0.29) is 5.91 Å². The molecule has 23 heavy (non-hydrogen) atoms. The van der Waals surface area contributed by atoms with Gasteiger partial charge in [-0.25, -0.2) is 0 Å². The van der Waals surface area contributed by atoms with E-state index in [9.17, 15) is 4.79 Å². The molecule has 128 valence electrons. The van der Waals surface area contributed by atoms with Crippen LogP contribution in [0, 0.1) is 5.92 Å². The summed E-state index contributed by atoms with van der Waals surface area (Å²) in [4.78, 5) is 12.0. The van der Waals surface area contributed by atoms with Crippen LogP contribution in [0.25, 0.3) is 0 Å². The molecule has 1 aromatic carbocycles. The standard InChI is InChI=1S/C18H28N2O3/c1-22-16-6-7-17(23-2)15(12-16)5-8-18(21)20-11-9-14-4-3-10-19-13-14/h6-7,12,14,19H,3-5,8-11,13H2,1-2H3,(H,20,21). The zero-order valence-electron chi connectivity index (χ0n) is 14.2. The Balaban J connectivity index is 1.73. The number of benzene rings is 1. The molecule has 1 fully saturated rings. The average molecular weight is 320 g/mol. The second-order valence-electron chi connectivity index (χ2n) is 6.03. The second-order valence-corrected chi connectivity index (χ2v) is 6.03. The highest BCUT2D eigenvalue weighted by molar-refractivity contribution is 5.76. The van der Waals surface area contributed by atoms with E-state index < -0.39 is 0 Å². The number of hydrogen-bond acceptors (Lipinski definition) is 4. The highest BCUT2D eigenvalue weighted by atomic mass is 16.5. The van der Waals surface area contributed by atoms with E-state index in [0.29, 0.717) is 18.8 Å². The lowest BCUT2D eigenvalue weighted by atomic mass is 9.96. The third-order valence-corrected chi connectivity index (χ3v) is 4.38. The molecule has 1 atom stereocenters. The molecule has 1 aliphatic heterocycles. The minimum Gasteiger partial charge on any atom is -0.497 e. The van der Waals surface area contributed by atoms with Gasteiger partial charge in [-0.3, -0.25) is 4.79 Å². The van der Waals surface area contributed by atoms with E-state index in [4.69, 9.17) is 9.47 Å². The van der Waals surface area contributed by atoms with E-state index in [1.807, 2.05) is 18.2 Å². The average Bonchev–Trinajstić information content (AvgIpc) is 2.60. The summed E-state index contributed by atoms with van der Waals surface area (Å²) in [5, 5.41) is 6.43. The number of amides is 1. The molecule has 0 radical (unpaired) electrons. The second kappa shape index (κ2) is 9.40. The molecule has 0 saturated carbocycles. The molecule has 2 N–H and O–H groups in total. The third-order valence-electron chi connectivity index (χ3n) is 4.38. The third kappa shape index (κ3) is 5.75. The summed E-state index contributed by atoms with van der Waals surface area (Å²) in [5.74, 6) is 2.37. The van der Waals surface area contributed by atoms with E-state index in [1.54, 1.807) is 14.2 Å². The van der Waals surface area contributed by atoms with Crippen molar-refractivity contribution in [2.45, 2.75) is 32.1 Å². The number of carbonyl (C=O) groups is 1. The Bertz CT molecular complexity index is 499. The molecule has 1 aliphatic rings. The normalized spacial score (nSPS) is 17.6. The number of aryl methyl sites for hydroxylation is 1. The molecule has 5 heteroatoms. The summed E-state index contributed by atoms with van der Waals surface area (Å²) in [6.45, 7) is 2.97. The largest absolute Gasteiger partial charge is 0.497 e. The number of methoxy groups -OCH3 is 2. The van der Waals surface area contributed by atoms with Gasteiger partial charge in [0.15, 0.2) is 0 Å². The first-order valence-corrected chi connectivity index (χ1v) is 8.41. The Morgan fingerprint density at radius 2 is 2.22 bits per heavy atom. The molecule has 5 nitrogen and oxygen atoms in total. The number of nitrogens with one attached hydrogen (secondary N) is 2. The first-order valence-electron chi connectivity index (χ1n) is 8.41. The number of ether oxygens (including phenoxy) is 2. The van der Waals surface area contributed by atoms with Crippen LogP contribution in [0.1, 0.15) is 31.2 Å². The number of piperidine rings is 1. The van der Waals surface area contributed by atoms with Crippen LogP contribution in [0.2, 0.25) is 0 Å². The van der Waals surface area contributed by atoms with Crippen molar-refractivity contribution in [3.8, 4) is 11.5 Å². The van der Waals surface area contributed by atoms with Gasteiger partial charge in [-0.2, -0.15) is 0 Å². The fourth-order valence-corrected chi connectivity index (χ4v) is 3.00. The van der Waals surface area contributed by atoms with Crippen molar-refractivity contribution in [1.29, 1.82) is 0 Å². The van der Waals surface area contributed by atoms with Crippen molar-refractivity contribution in [2.75, 3.05) is 33.9 Å². The monoisotopic (exact) mass is 320 g/mol. The van der Waals surface area contributed by atoms with E-state index in [1.165, 1.54) is 12.8 Å². The van der Waals surface area contributed by atoms with E-state index in [2.05, 4.69) is 10.6 Å². The highest BCUT2D eigenvalue weighted by Gasteiger charge is 2.13. The molecule has 1 heterocycles. The molecule has 0 bridgehead atoms. The number of rotatable bonds is 8. The van der Waals surface area contributed by atoms with Gasteiger partial charge in [-0.1, -0.05) is 0 Å². The predicted molar refractivity (Wildman–Crippen MR) is 91.1 cm³/mol. The molecular formula is C18H28N2O3. The lowest BCUT2D eigenvalue weighted by Gasteiger charge is -2.22. The van der Waals surface area contributed by atoms with Gasteiger partial charge < -0.3 is 20.1 Å². The summed E-state index contributed by atoms with van der Waals surface area (Å²) in [6, 6.07) is 5.67. The maximum atomic E-state index is 12.0. The Hall–Kier alpha value is -1.75. The summed E-state index contributed by atoms with van der Waals surface area (Å²) in [6.07, 6.45) is 4.68. The van der Waals surface area contributed by atoms with Crippen LogP contribution >= 0.6 is 0 Å². The van der Waals surface area contributed by atoms with Gasteiger partial charge in [-0.05, 0) is 68.5 Å². The minimum atomic E-state index is 0.0960. The van der Waals surface area contributed by atoms with Gasteiger partial charge in [0, 0.05) is 13.0 Å². The van der Waals surface area contributed by atoms with Gasteiger partial charge in [0.2, 0.25) is 5.91 Å². The maximum absolute atomic E-state index is 12.0. The van der Waals surface area contributed by atoms with Gasteiger partial charge >= 0.3 is 0 Å². The molecule has 0 spiro atoms. The summed E-state index contributed by atoms with van der Waals surface area (Å²) in [5.41, 5.74) is 0.999. The molecule has 1 aromatic rings. The molecule has 2 rings (SSSR count). The van der Waals surface area contributed by atoms with Gasteiger partial charge in [0.05, 0.1) is 14.2 Å². The van der Waals surface area contributed by atoms with Crippen molar-refractivity contribution in [1.82, 2.24) is 10.6 Å². The molecule has 1 amide bonds. The smallest absolute Gasteiger partial charge is 0.220 e. The lowest BCUT2D eigenvalue weighted by molar-refractivity contribution is -0.121. The Morgan fingerprint density at radius 3 is 2.91 bits per heavy atom. The molecule has 0 aromatic heterocycles. The fourth-order valence-electron chi connectivity index (χ4n) is 3.00. The van der Waals surface area contributed by atoms with Crippen LogP contribution < -0.4 is 20.1 Å². The number of hydrogen-bond donors (Lipinski definition) is 2. The Kier molecular flexibility index (Phi) is 7.20.